The molecule has 5 heteroatoms. The fraction of sp³-hybridized carbons (Fsp3) is 0.650. The third-order valence-electron chi connectivity index (χ3n) is 5.91. The molecule has 1 heterocycles. The van der Waals surface area contributed by atoms with Gasteiger partial charge in [0.15, 0.2) is 11.5 Å². The summed E-state index contributed by atoms with van der Waals surface area (Å²) in [6, 6.07) is 6.23. The summed E-state index contributed by atoms with van der Waals surface area (Å²) in [5.74, 6) is 4.62. The highest BCUT2D eigenvalue weighted by Crippen LogP contribution is 2.49. The molecule has 4 nitrogen and oxygen atoms in total. The fourth-order valence-electron chi connectivity index (χ4n) is 4.69. The van der Waals surface area contributed by atoms with Crippen LogP contribution in [0.25, 0.3) is 0 Å². The van der Waals surface area contributed by atoms with Gasteiger partial charge in [-0.3, -0.25) is 4.79 Å². The molecular formula is C20H27NO3S. The number of thioether (sulfide) groups is 1. The van der Waals surface area contributed by atoms with Crippen molar-refractivity contribution < 1.29 is 14.3 Å². The average molecular weight is 362 g/mol. The van der Waals surface area contributed by atoms with Crippen LogP contribution in [0.5, 0.6) is 11.5 Å². The van der Waals surface area contributed by atoms with E-state index in [1.165, 1.54) is 25.7 Å². The molecule has 0 radical (unpaired) electrons. The second-order valence-corrected chi connectivity index (χ2v) is 8.69. The van der Waals surface area contributed by atoms with Crippen molar-refractivity contribution in [2.24, 2.45) is 17.8 Å². The van der Waals surface area contributed by atoms with Crippen LogP contribution >= 0.6 is 11.8 Å². The molecule has 4 rings (SSSR count). The van der Waals surface area contributed by atoms with Gasteiger partial charge in [-0.2, -0.15) is 0 Å². The monoisotopic (exact) mass is 361 g/mol. The van der Waals surface area contributed by atoms with E-state index in [0.717, 1.165) is 34.7 Å². The van der Waals surface area contributed by atoms with Crippen LogP contribution in [0.4, 0.5) is 0 Å². The van der Waals surface area contributed by atoms with E-state index >= 15 is 0 Å². The van der Waals surface area contributed by atoms with Gasteiger partial charge in [-0.25, -0.2) is 0 Å². The zero-order valence-electron chi connectivity index (χ0n) is 14.8. The van der Waals surface area contributed by atoms with Crippen LogP contribution in [-0.2, 0) is 4.79 Å². The van der Waals surface area contributed by atoms with E-state index in [-0.39, 0.29) is 5.91 Å². The number of fused-ring (bicyclic) bond motifs is 3. The Morgan fingerprint density at radius 2 is 2.08 bits per heavy atom. The quantitative estimate of drug-likeness (QED) is 0.809. The summed E-state index contributed by atoms with van der Waals surface area (Å²) in [6.45, 7) is 3.56. The topological polar surface area (TPSA) is 47.6 Å². The van der Waals surface area contributed by atoms with Gasteiger partial charge in [0.2, 0.25) is 5.91 Å². The van der Waals surface area contributed by atoms with Crippen molar-refractivity contribution in [2.75, 3.05) is 19.0 Å². The molecule has 4 atom stereocenters. The number of carbonyl (C=O) groups excluding carboxylic acids is 1. The minimum absolute atomic E-state index is 0.132. The van der Waals surface area contributed by atoms with E-state index in [4.69, 9.17) is 9.47 Å². The predicted octanol–water partition coefficient (Wildman–Crippen LogP) is 3.88. The summed E-state index contributed by atoms with van der Waals surface area (Å²) in [6.07, 6.45) is 6.36. The molecule has 0 saturated heterocycles. The van der Waals surface area contributed by atoms with Gasteiger partial charge in [-0.15, -0.1) is 11.8 Å². The SMILES string of the molecule is CC(NC(=O)CSc1ccc2c(c1)OCCCO2)C1CC2CCC1C2. The molecule has 1 N–H and O–H groups in total. The Hall–Kier alpha value is -1.36. The molecule has 2 bridgehead atoms. The lowest BCUT2D eigenvalue weighted by atomic mass is 9.84. The number of amides is 1. The number of ether oxygens (including phenoxy) is 2. The van der Waals surface area contributed by atoms with Crippen LogP contribution < -0.4 is 14.8 Å². The molecule has 1 amide bonds. The van der Waals surface area contributed by atoms with E-state index in [1.54, 1.807) is 11.8 Å². The maximum Gasteiger partial charge on any atom is 0.230 e. The Labute approximate surface area is 154 Å². The largest absolute Gasteiger partial charge is 0.490 e. The molecule has 0 spiro atoms. The van der Waals surface area contributed by atoms with Crippen molar-refractivity contribution in [1.82, 2.24) is 5.32 Å². The summed E-state index contributed by atoms with van der Waals surface area (Å²) in [5, 5.41) is 3.23. The van der Waals surface area contributed by atoms with Crippen molar-refractivity contribution in [3.05, 3.63) is 18.2 Å². The summed E-state index contributed by atoms with van der Waals surface area (Å²) >= 11 is 1.56. The van der Waals surface area contributed by atoms with Gasteiger partial charge in [0.25, 0.3) is 0 Å². The van der Waals surface area contributed by atoms with Crippen molar-refractivity contribution in [2.45, 2.75) is 50.0 Å². The lowest BCUT2D eigenvalue weighted by Gasteiger charge is -2.28. The molecule has 1 aromatic rings. The van der Waals surface area contributed by atoms with Gasteiger partial charge in [0.05, 0.1) is 19.0 Å². The molecule has 2 fully saturated rings. The van der Waals surface area contributed by atoms with Crippen LogP contribution in [0.2, 0.25) is 0 Å². The van der Waals surface area contributed by atoms with Gasteiger partial charge in [-0.05, 0) is 62.1 Å². The normalized spacial score (nSPS) is 28.4. The fourth-order valence-corrected chi connectivity index (χ4v) is 5.43. The molecule has 136 valence electrons. The third kappa shape index (κ3) is 3.91. The Morgan fingerprint density at radius 3 is 2.84 bits per heavy atom. The number of carbonyl (C=O) groups is 1. The number of nitrogens with one attached hydrogen (secondary N) is 1. The Bertz CT molecular complexity index is 635. The highest BCUT2D eigenvalue weighted by molar-refractivity contribution is 8.00. The lowest BCUT2D eigenvalue weighted by molar-refractivity contribution is -0.119. The van der Waals surface area contributed by atoms with Gasteiger partial charge in [0, 0.05) is 17.4 Å². The summed E-state index contributed by atoms with van der Waals surface area (Å²) in [7, 11) is 0. The van der Waals surface area contributed by atoms with Gasteiger partial charge >= 0.3 is 0 Å². The maximum atomic E-state index is 12.3. The summed E-state index contributed by atoms with van der Waals surface area (Å²) in [4.78, 5) is 13.4. The molecule has 2 saturated carbocycles. The molecule has 0 aromatic heterocycles. The second kappa shape index (κ2) is 7.48. The van der Waals surface area contributed by atoms with Crippen LogP contribution in [0.15, 0.2) is 23.1 Å². The van der Waals surface area contributed by atoms with E-state index in [2.05, 4.69) is 12.2 Å². The first-order chi connectivity index (χ1) is 12.2. The number of hydrogen-bond acceptors (Lipinski definition) is 4. The lowest BCUT2D eigenvalue weighted by Crippen LogP contribution is -2.40. The van der Waals surface area contributed by atoms with E-state index in [0.29, 0.717) is 30.9 Å². The first-order valence-corrected chi connectivity index (χ1v) is 10.5. The van der Waals surface area contributed by atoms with Crippen molar-refractivity contribution in [3.63, 3.8) is 0 Å². The number of hydrogen-bond donors (Lipinski definition) is 1. The first-order valence-electron chi connectivity index (χ1n) is 9.51. The minimum Gasteiger partial charge on any atom is -0.490 e. The molecule has 3 aliphatic rings. The van der Waals surface area contributed by atoms with Crippen LogP contribution in [-0.4, -0.2) is 30.9 Å². The molecule has 2 aliphatic carbocycles. The highest BCUT2D eigenvalue weighted by Gasteiger charge is 2.42. The Balaban J connectivity index is 1.28. The predicted molar refractivity (Wildman–Crippen MR) is 99.3 cm³/mol. The van der Waals surface area contributed by atoms with Crippen LogP contribution in [0, 0.1) is 17.8 Å². The number of benzene rings is 1. The summed E-state index contributed by atoms with van der Waals surface area (Å²) < 4.78 is 11.4. The van der Waals surface area contributed by atoms with Crippen molar-refractivity contribution in [3.8, 4) is 11.5 Å². The maximum absolute atomic E-state index is 12.3. The Kier molecular flexibility index (Phi) is 5.11. The van der Waals surface area contributed by atoms with E-state index < -0.39 is 0 Å². The van der Waals surface area contributed by atoms with Crippen molar-refractivity contribution in [1.29, 1.82) is 0 Å². The third-order valence-corrected chi connectivity index (χ3v) is 6.91. The molecular weight excluding hydrogens is 334 g/mol. The minimum atomic E-state index is 0.132. The van der Waals surface area contributed by atoms with Crippen LogP contribution in [0.3, 0.4) is 0 Å². The van der Waals surface area contributed by atoms with Crippen molar-refractivity contribution >= 4 is 17.7 Å². The standard InChI is InChI=1S/C20H27NO3S/c1-13(17-10-14-3-4-15(17)9-14)21-20(22)12-25-16-5-6-18-19(11-16)24-8-2-7-23-18/h5-6,11,13-15,17H,2-4,7-10,12H2,1H3,(H,21,22). The molecule has 1 aliphatic heterocycles. The highest BCUT2D eigenvalue weighted by atomic mass is 32.2. The molecule has 25 heavy (non-hydrogen) atoms. The second-order valence-electron chi connectivity index (χ2n) is 7.64. The van der Waals surface area contributed by atoms with E-state index in [1.807, 2.05) is 18.2 Å². The van der Waals surface area contributed by atoms with Gasteiger partial charge < -0.3 is 14.8 Å². The molecule has 1 aromatic carbocycles. The zero-order chi connectivity index (χ0) is 17.2. The van der Waals surface area contributed by atoms with E-state index in [9.17, 15) is 4.79 Å². The number of rotatable bonds is 5. The summed E-state index contributed by atoms with van der Waals surface area (Å²) in [5.41, 5.74) is 0. The van der Waals surface area contributed by atoms with Crippen LogP contribution in [0.1, 0.15) is 39.0 Å². The Morgan fingerprint density at radius 1 is 1.24 bits per heavy atom. The van der Waals surface area contributed by atoms with Gasteiger partial charge in [0.1, 0.15) is 0 Å². The molecule has 4 unspecified atom stereocenters. The van der Waals surface area contributed by atoms with Gasteiger partial charge in [-0.1, -0.05) is 6.42 Å². The zero-order valence-corrected chi connectivity index (χ0v) is 15.6. The smallest absolute Gasteiger partial charge is 0.230 e. The first kappa shape index (κ1) is 17.1. The average Bonchev–Trinajstić information content (AvgIpc) is 3.17.